The van der Waals surface area contributed by atoms with Gasteiger partial charge >= 0.3 is 12.0 Å². The van der Waals surface area contributed by atoms with Crippen molar-refractivity contribution in [2.45, 2.75) is 33.1 Å². The molecule has 6 nitrogen and oxygen atoms in total. The molecule has 0 spiro atoms. The van der Waals surface area contributed by atoms with Crippen LogP contribution in [0, 0.1) is 5.92 Å². The minimum atomic E-state index is -0.653. The van der Waals surface area contributed by atoms with Crippen LogP contribution in [0.5, 0.6) is 0 Å². The zero-order valence-electron chi connectivity index (χ0n) is 13.8. The predicted molar refractivity (Wildman–Crippen MR) is 86.8 cm³/mol. The number of carbonyl (C=O) groups is 3. The first kappa shape index (κ1) is 18.7. The monoisotopic (exact) mass is 320 g/mol. The van der Waals surface area contributed by atoms with Crippen molar-refractivity contribution < 1.29 is 19.1 Å². The lowest BCUT2D eigenvalue weighted by molar-refractivity contribution is -0.151. The van der Waals surface area contributed by atoms with Gasteiger partial charge in [-0.15, -0.1) is 0 Å². The lowest BCUT2D eigenvalue weighted by Crippen LogP contribution is -2.41. The van der Waals surface area contributed by atoms with Gasteiger partial charge in [0.05, 0.1) is 5.92 Å². The maximum atomic E-state index is 12.4. The van der Waals surface area contributed by atoms with Crippen molar-refractivity contribution in [3.05, 3.63) is 35.9 Å². The van der Waals surface area contributed by atoms with E-state index in [0.717, 1.165) is 12.0 Å². The van der Waals surface area contributed by atoms with Crippen LogP contribution in [0.2, 0.25) is 0 Å². The highest BCUT2D eigenvalue weighted by atomic mass is 16.5. The molecule has 3 amide bonds. The summed E-state index contributed by atoms with van der Waals surface area (Å²) in [5.41, 5.74) is 0.857. The Bertz CT molecular complexity index is 531. The molecule has 1 aromatic carbocycles. The van der Waals surface area contributed by atoms with Crippen LogP contribution in [0.1, 0.15) is 38.7 Å². The number of ether oxygens (including phenoxy) is 1. The maximum Gasteiger partial charge on any atom is 0.321 e. The summed E-state index contributed by atoms with van der Waals surface area (Å²) in [5, 5.41) is 4.52. The molecule has 0 aliphatic rings. The number of imide groups is 1. The van der Waals surface area contributed by atoms with E-state index in [1.54, 1.807) is 6.92 Å². The van der Waals surface area contributed by atoms with Gasteiger partial charge < -0.3 is 10.1 Å². The SMILES string of the molecule is CCNC(=O)NC(=O)COC(=O)[C@@H](c1ccccc1)[C@@H](C)CC. The molecule has 0 aliphatic carbocycles. The van der Waals surface area contributed by atoms with E-state index in [9.17, 15) is 14.4 Å². The Balaban J connectivity index is 2.65. The fourth-order valence-corrected chi connectivity index (χ4v) is 2.19. The Labute approximate surface area is 136 Å². The van der Waals surface area contributed by atoms with Crippen molar-refractivity contribution in [2.24, 2.45) is 5.92 Å². The minimum Gasteiger partial charge on any atom is -0.455 e. The topological polar surface area (TPSA) is 84.5 Å². The summed E-state index contributed by atoms with van der Waals surface area (Å²) in [6.45, 7) is 5.63. The van der Waals surface area contributed by atoms with Gasteiger partial charge in [-0.3, -0.25) is 14.9 Å². The smallest absolute Gasteiger partial charge is 0.321 e. The van der Waals surface area contributed by atoms with Crippen LogP contribution < -0.4 is 10.6 Å². The Morgan fingerprint density at radius 2 is 1.78 bits per heavy atom. The molecular weight excluding hydrogens is 296 g/mol. The Kier molecular flexibility index (Phi) is 7.80. The summed E-state index contributed by atoms with van der Waals surface area (Å²) >= 11 is 0. The van der Waals surface area contributed by atoms with E-state index in [0.29, 0.717) is 6.54 Å². The van der Waals surface area contributed by atoms with Gasteiger partial charge in [-0.2, -0.15) is 0 Å². The molecule has 0 heterocycles. The molecule has 0 aliphatic heterocycles. The van der Waals surface area contributed by atoms with E-state index in [2.05, 4.69) is 10.6 Å². The van der Waals surface area contributed by atoms with Crippen molar-refractivity contribution in [2.75, 3.05) is 13.2 Å². The fraction of sp³-hybridized carbons (Fsp3) is 0.471. The first-order valence-corrected chi connectivity index (χ1v) is 7.78. The molecule has 2 atom stereocenters. The highest BCUT2D eigenvalue weighted by molar-refractivity contribution is 5.95. The Morgan fingerprint density at radius 3 is 2.35 bits per heavy atom. The first-order valence-electron chi connectivity index (χ1n) is 7.78. The van der Waals surface area contributed by atoms with Crippen LogP contribution in [0.3, 0.4) is 0 Å². The number of hydrogen-bond acceptors (Lipinski definition) is 4. The van der Waals surface area contributed by atoms with Crippen LogP contribution in [0.15, 0.2) is 30.3 Å². The molecular formula is C17H24N2O4. The maximum absolute atomic E-state index is 12.4. The lowest BCUT2D eigenvalue weighted by atomic mass is 9.86. The van der Waals surface area contributed by atoms with Crippen LogP contribution in [0.4, 0.5) is 4.79 Å². The number of benzene rings is 1. The zero-order chi connectivity index (χ0) is 17.2. The van der Waals surface area contributed by atoms with Crippen molar-refractivity contribution in [1.82, 2.24) is 10.6 Å². The molecule has 1 rings (SSSR count). The Hall–Kier alpha value is -2.37. The lowest BCUT2D eigenvalue weighted by Gasteiger charge is -2.21. The molecule has 1 aromatic rings. The largest absolute Gasteiger partial charge is 0.455 e. The molecule has 23 heavy (non-hydrogen) atoms. The quantitative estimate of drug-likeness (QED) is 0.754. The van der Waals surface area contributed by atoms with E-state index < -0.39 is 30.4 Å². The van der Waals surface area contributed by atoms with Crippen LogP contribution in [-0.4, -0.2) is 31.1 Å². The number of rotatable bonds is 7. The number of amides is 3. The summed E-state index contributed by atoms with van der Waals surface area (Å²) in [6.07, 6.45) is 0.805. The normalized spacial score (nSPS) is 12.8. The number of urea groups is 1. The number of hydrogen-bond donors (Lipinski definition) is 2. The van der Waals surface area contributed by atoms with Crippen LogP contribution in [-0.2, 0) is 14.3 Å². The molecule has 2 N–H and O–H groups in total. The molecule has 126 valence electrons. The molecule has 0 bridgehead atoms. The molecule has 0 saturated heterocycles. The summed E-state index contributed by atoms with van der Waals surface area (Å²) in [6, 6.07) is 8.73. The minimum absolute atomic E-state index is 0.0800. The molecule has 0 saturated carbocycles. The van der Waals surface area contributed by atoms with E-state index >= 15 is 0 Å². The third-order valence-electron chi connectivity index (χ3n) is 3.56. The Morgan fingerprint density at radius 1 is 1.13 bits per heavy atom. The average Bonchev–Trinajstić information content (AvgIpc) is 2.54. The van der Waals surface area contributed by atoms with E-state index in [1.165, 1.54) is 0 Å². The second kappa shape index (κ2) is 9.61. The van der Waals surface area contributed by atoms with E-state index in [1.807, 2.05) is 44.2 Å². The fourth-order valence-electron chi connectivity index (χ4n) is 2.19. The molecule has 0 fully saturated rings. The third-order valence-corrected chi connectivity index (χ3v) is 3.56. The van der Waals surface area contributed by atoms with Crippen LogP contribution >= 0.6 is 0 Å². The number of esters is 1. The van der Waals surface area contributed by atoms with E-state index in [4.69, 9.17) is 4.74 Å². The van der Waals surface area contributed by atoms with Crippen molar-refractivity contribution in [3.8, 4) is 0 Å². The summed E-state index contributed by atoms with van der Waals surface area (Å²) < 4.78 is 5.09. The van der Waals surface area contributed by atoms with E-state index in [-0.39, 0.29) is 5.92 Å². The third kappa shape index (κ3) is 6.10. The summed E-state index contributed by atoms with van der Waals surface area (Å²) in [7, 11) is 0. The predicted octanol–water partition coefficient (Wildman–Crippen LogP) is 2.21. The average molecular weight is 320 g/mol. The van der Waals surface area contributed by atoms with Crippen molar-refractivity contribution >= 4 is 17.9 Å². The first-order chi connectivity index (χ1) is 11.0. The second-order valence-electron chi connectivity index (χ2n) is 5.29. The van der Waals surface area contributed by atoms with Crippen molar-refractivity contribution in [1.29, 1.82) is 0 Å². The highest BCUT2D eigenvalue weighted by Gasteiger charge is 2.27. The number of nitrogens with one attached hydrogen (secondary N) is 2. The van der Waals surface area contributed by atoms with Crippen molar-refractivity contribution in [3.63, 3.8) is 0 Å². The van der Waals surface area contributed by atoms with Gasteiger partial charge in [0.25, 0.3) is 5.91 Å². The molecule has 0 aromatic heterocycles. The van der Waals surface area contributed by atoms with Gasteiger partial charge in [-0.1, -0.05) is 50.6 Å². The van der Waals surface area contributed by atoms with Gasteiger partial charge in [0.15, 0.2) is 6.61 Å². The van der Waals surface area contributed by atoms with Gasteiger partial charge in [0.1, 0.15) is 0 Å². The van der Waals surface area contributed by atoms with Gasteiger partial charge in [0, 0.05) is 6.54 Å². The highest BCUT2D eigenvalue weighted by Crippen LogP contribution is 2.28. The molecule has 0 unspecified atom stereocenters. The molecule has 6 heteroatoms. The van der Waals surface area contributed by atoms with Gasteiger partial charge in [-0.05, 0) is 18.4 Å². The summed E-state index contributed by atoms with van der Waals surface area (Å²) in [4.78, 5) is 35.2. The second-order valence-corrected chi connectivity index (χ2v) is 5.29. The standard InChI is InChI=1S/C17H24N2O4/c1-4-12(3)15(13-9-7-6-8-10-13)16(21)23-11-14(20)19-17(22)18-5-2/h6-10,12,15H,4-5,11H2,1-3H3,(H2,18,19,20,22)/t12-,15+/m0/s1. The number of carbonyl (C=O) groups excluding carboxylic acids is 3. The summed E-state index contributed by atoms with van der Waals surface area (Å²) in [5.74, 6) is -1.47. The van der Waals surface area contributed by atoms with Gasteiger partial charge in [0.2, 0.25) is 0 Å². The zero-order valence-corrected chi connectivity index (χ0v) is 13.8. The molecule has 0 radical (unpaired) electrons. The van der Waals surface area contributed by atoms with Crippen LogP contribution in [0.25, 0.3) is 0 Å². The van der Waals surface area contributed by atoms with Gasteiger partial charge in [-0.25, -0.2) is 4.79 Å².